The smallest absolute Gasteiger partial charge is 0.227 e. The number of hydrogen-bond donors (Lipinski definition) is 1. The van der Waals surface area contributed by atoms with Gasteiger partial charge in [-0.05, 0) is 50.7 Å². The predicted octanol–water partition coefficient (Wildman–Crippen LogP) is 4.30. The molecule has 1 aromatic rings. The predicted molar refractivity (Wildman–Crippen MR) is 85.6 cm³/mol. The highest BCUT2D eigenvalue weighted by Crippen LogP contribution is 2.23. The van der Waals surface area contributed by atoms with Crippen LogP contribution >= 0.6 is 0 Å². The normalized spacial score (nSPS) is 18.1. The first-order chi connectivity index (χ1) is 9.56. The molecule has 2 nitrogen and oxygen atoms in total. The van der Waals surface area contributed by atoms with Gasteiger partial charge in [0.05, 0.1) is 0 Å². The Labute approximate surface area is 123 Å². The van der Waals surface area contributed by atoms with Crippen LogP contribution in [-0.2, 0) is 11.2 Å². The summed E-state index contributed by atoms with van der Waals surface area (Å²) < 4.78 is 0. The third-order valence-electron chi connectivity index (χ3n) is 3.73. The van der Waals surface area contributed by atoms with Crippen molar-refractivity contribution in [2.75, 3.05) is 0 Å². The van der Waals surface area contributed by atoms with Crippen molar-refractivity contribution in [3.8, 4) is 0 Å². The van der Waals surface area contributed by atoms with Crippen molar-refractivity contribution in [3.05, 3.63) is 47.2 Å². The van der Waals surface area contributed by atoms with Gasteiger partial charge < -0.3 is 5.32 Å². The van der Waals surface area contributed by atoms with E-state index in [0.29, 0.717) is 0 Å². The zero-order chi connectivity index (χ0) is 15.1. The number of carbonyl (C=O) groups excluding carboxylic acids is 1. The molecule has 1 saturated heterocycles. The van der Waals surface area contributed by atoms with E-state index in [4.69, 9.17) is 0 Å². The number of piperidine rings is 1. The molecule has 0 spiro atoms. The van der Waals surface area contributed by atoms with Gasteiger partial charge in [-0.25, -0.2) is 0 Å². The van der Waals surface area contributed by atoms with Crippen molar-refractivity contribution in [2.45, 2.75) is 53.4 Å². The minimum atomic E-state index is 0.149. The molecule has 1 N–H and O–H groups in total. The van der Waals surface area contributed by atoms with Crippen LogP contribution in [0.4, 0.5) is 0 Å². The molecular weight excluding hydrogens is 246 g/mol. The number of carbonyl (C=O) groups is 1. The minimum absolute atomic E-state index is 0.149. The lowest BCUT2D eigenvalue weighted by atomic mass is 9.89. The van der Waals surface area contributed by atoms with Crippen LogP contribution in [0.15, 0.2) is 30.5 Å². The quantitative estimate of drug-likeness (QED) is 0.874. The van der Waals surface area contributed by atoms with Crippen molar-refractivity contribution >= 4 is 5.91 Å². The summed E-state index contributed by atoms with van der Waals surface area (Å²) in [5, 5.41) is 2.86. The average molecular weight is 273 g/mol. The number of aryl methyl sites for hydroxylation is 3. The topological polar surface area (TPSA) is 29.1 Å². The van der Waals surface area contributed by atoms with E-state index in [1.807, 2.05) is 13.8 Å². The molecule has 110 valence electrons. The van der Waals surface area contributed by atoms with Gasteiger partial charge in [-0.3, -0.25) is 4.79 Å². The van der Waals surface area contributed by atoms with Crippen LogP contribution in [0.25, 0.3) is 0 Å². The lowest BCUT2D eigenvalue weighted by Crippen LogP contribution is -2.34. The fourth-order valence-electron chi connectivity index (χ4n) is 2.49. The van der Waals surface area contributed by atoms with E-state index in [2.05, 4.69) is 43.9 Å². The SMILES string of the molecule is C=C1CCC(CCc2cc(C)ccc2C)C(=O)N1.CC. The average Bonchev–Trinajstić information content (AvgIpc) is 2.43. The molecular formula is C18H27NO. The molecule has 1 aromatic carbocycles. The maximum absolute atomic E-state index is 11.8. The second-order valence-electron chi connectivity index (χ2n) is 5.30. The Morgan fingerprint density at radius 2 is 2.00 bits per heavy atom. The Balaban J connectivity index is 0.000000956. The Morgan fingerprint density at radius 1 is 1.30 bits per heavy atom. The first-order valence-electron chi connectivity index (χ1n) is 7.61. The molecule has 1 fully saturated rings. The monoisotopic (exact) mass is 273 g/mol. The van der Waals surface area contributed by atoms with Crippen LogP contribution in [0.3, 0.4) is 0 Å². The van der Waals surface area contributed by atoms with Gasteiger partial charge in [0.15, 0.2) is 0 Å². The second-order valence-corrected chi connectivity index (χ2v) is 5.30. The number of amides is 1. The van der Waals surface area contributed by atoms with Crippen LogP contribution < -0.4 is 5.32 Å². The van der Waals surface area contributed by atoms with Gasteiger partial charge in [0.25, 0.3) is 0 Å². The van der Waals surface area contributed by atoms with Crippen molar-refractivity contribution in [1.29, 1.82) is 0 Å². The summed E-state index contributed by atoms with van der Waals surface area (Å²) in [5.74, 6) is 0.298. The van der Waals surface area contributed by atoms with Crippen LogP contribution in [0, 0.1) is 19.8 Å². The Bertz CT molecular complexity index is 476. The minimum Gasteiger partial charge on any atom is -0.330 e. The highest BCUT2D eigenvalue weighted by atomic mass is 16.1. The van der Waals surface area contributed by atoms with Crippen molar-refractivity contribution in [1.82, 2.24) is 5.32 Å². The summed E-state index contributed by atoms with van der Waals surface area (Å²) in [6.45, 7) is 12.1. The molecule has 0 saturated carbocycles. The van der Waals surface area contributed by atoms with Crippen LogP contribution in [0.5, 0.6) is 0 Å². The van der Waals surface area contributed by atoms with Crippen molar-refractivity contribution in [3.63, 3.8) is 0 Å². The molecule has 0 bridgehead atoms. The molecule has 1 unspecified atom stereocenters. The number of benzene rings is 1. The molecule has 1 heterocycles. The highest BCUT2D eigenvalue weighted by Gasteiger charge is 2.23. The molecule has 1 aliphatic heterocycles. The van der Waals surface area contributed by atoms with Gasteiger partial charge in [0, 0.05) is 11.6 Å². The molecule has 20 heavy (non-hydrogen) atoms. The maximum atomic E-state index is 11.8. The van der Waals surface area contributed by atoms with E-state index < -0.39 is 0 Å². The van der Waals surface area contributed by atoms with E-state index in [9.17, 15) is 4.79 Å². The van der Waals surface area contributed by atoms with E-state index in [1.54, 1.807) is 0 Å². The molecule has 0 radical (unpaired) electrons. The molecule has 1 aliphatic rings. The molecule has 1 amide bonds. The summed E-state index contributed by atoms with van der Waals surface area (Å²) in [4.78, 5) is 11.8. The summed E-state index contributed by atoms with van der Waals surface area (Å²) in [7, 11) is 0. The summed E-state index contributed by atoms with van der Waals surface area (Å²) >= 11 is 0. The Morgan fingerprint density at radius 3 is 2.65 bits per heavy atom. The van der Waals surface area contributed by atoms with Crippen molar-refractivity contribution in [2.24, 2.45) is 5.92 Å². The maximum Gasteiger partial charge on any atom is 0.227 e. The molecule has 0 aliphatic carbocycles. The fourth-order valence-corrected chi connectivity index (χ4v) is 2.49. The fraction of sp³-hybridized carbons (Fsp3) is 0.500. The van der Waals surface area contributed by atoms with Gasteiger partial charge in [0.1, 0.15) is 0 Å². The molecule has 2 rings (SSSR count). The van der Waals surface area contributed by atoms with Crippen LogP contribution in [-0.4, -0.2) is 5.91 Å². The van der Waals surface area contributed by atoms with E-state index >= 15 is 0 Å². The Kier molecular flexibility index (Phi) is 6.50. The lowest BCUT2D eigenvalue weighted by molar-refractivity contribution is -0.125. The number of nitrogens with one attached hydrogen (secondary N) is 1. The van der Waals surface area contributed by atoms with E-state index in [1.165, 1.54) is 16.7 Å². The first kappa shape index (κ1) is 16.5. The van der Waals surface area contributed by atoms with Crippen LogP contribution in [0.1, 0.15) is 49.8 Å². The summed E-state index contributed by atoms with van der Waals surface area (Å²) in [5.41, 5.74) is 4.84. The Hall–Kier alpha value is -1.57. The van der Waals surface area contributed by atoms with E-state index in [0.717, 1.165) is 31.4 Å². The zero-order valence-corrected chi connectivity index (χ0v) is 13.3. The standard InChI is InChI=1S/C16H21NO.C2H6/c1-11-4-5-12(2)15(10-11)9-8-14-7-6-13(3)17-16(14)18;1-2/h4-5,10,14H,3,6-9H2,1-2H3,(H,17,18);1-2H3. The molecule has 1 atom stereocenters. The number of hydrogen-bond acceptors (Lipinski definition) is 1. The summed E-state index contributed by atoms with van der Waals surface area (Å²) in [6, 6.07) is 6.53. The lowest BCUT2D eigenvalue weighted by Gasteiger charge is -2.23. The van der Waals surface area contributed by atoms with Gasteiger partial charge in [0.2, 0.25) is 5.91 Å². The second kappa shape index (κ2) is 7.88. The number of allylic oxidation sites excluding steroid dienone is 1. The van der Waals surface area contributed by atoms with Gasteiger partial charge in [-0.2, -0.15) is 0 Å². The summed E-state index contributed by atoms with van der Waals surface area (Å²) in [6.07, 6.45) is 3.78. The van der Waals surface area contributed by atoms with Crippen molar-refractivity contribution < 1.29 is 4.79 Å². The first-order valence-corrected chi connectivity index (χ1v) is 7.61. The van der Waals surface area contributed by atoms with Gasteiger partial charge in [-0.15, -0.1) is 0 Å². The van der Waals surface area contributed by atoms with Gasteiger partial charge >= 0.3 is 0 Å². The number of rotatable bonds is 3. The third kappa shape index (κ3) is 4.52. The molecule has 0 aromatic heterocycles. The largest absolute Gasteiger partial charge is 0.330 e. The van der Waals surface area contributed by atoms with E-state index in [-0.39, 0.29) is 11.8 Å². The van der Waals surface area contributed by atoms with Crippen LogP contribution in [0.2, 0.25) is 0 Å². The van der Waals surface area contributed by atoms with Gasteiger partial charge in [-0.1, -0.05) is 44.2 Å². The third-order valence-corrected chi connectivity index (χ3v) is 3.73. The highest BCUT2D eigenvalue weighted by molar-refractivity contribution is 5.81. The molecule has 2 heteroatoms. The zero-order valence-electron chi connectivity index (χ0n) is 13.3.